The summed E-state index contributed by atoms with van der Waals surface area (Å²) in [4.78, 5) is 22.2. The Kier molecular flexibility index (Phi) is 4.24. The normalized spacial score (nSPS) is 10.5. The first kappa shape index (κ1) is 15.7. The largest absolute Gasteiger partial charge is 0.465 e. The zero-order chi connectivity index (χ0) is 17.1. The van der Waals surface area contributed by atoms with E-state index in [1.165, 1.54) is 7.11 Å². The SMILES string of the molecule is COC(=O)c1cccc(-c2nc(-c3ccc(N(C)C)nc3)no2)c1. The maximum atomic E-state index is 11.6. The molecule has 0 aliphatic heterocycles. The maximum absolute atomic E-state index is 11.6. The maximum Gasteiger partial charge on any atom is 0.337 e. The average Bonchev–Trinajstić information content (AvgIpc) is 3.11. The van der Waals surface area contributed by atoms with Crippen LogP contribution in [0.3, 0.4) is 0 Å². The van der Waals surface area contributed by atoms with Gasteiger partial charge in [0.15, 0.2) is 0 Å². The van der Waals surface area contributed by atoms with Gasteiger partial charge < -0.3 is 14.2 Å². The lowest BCUT2D eigenvalue weighted by Gasteiger charge is -2.10. The third-order valence-electron chi connectivity index (χ3n) is 3.42. The van der Waals surface area contributed by atoms with Gasteiger partial charge in [-0.05, 0) is 30.3 Å². The minimum absolute atomic E-state index is 0.326. The topological polar surface area (TPSA) is 81.4 Å². The van der Waals surface area contributed by atoms with Crippen LogP contribution in [0.1, 0.15) is 10.4 Å². The molecule has 7 nitrogen and oxygen atoms in total. The summed E-state index contributed by atoms with van der Waals surface area (Å²) in [6, 6.07) is 10.6. The van der Waals surface area contributed by atoms with Gasteiger partial charge >= 0.3 is 5.97 Å². The van der Waals surface area contributed by atoms with Crippen molar-refractivity contribution in [2.45, 2.75) is 0 Å². The lowest BCUT2D eigenvalue weighted by molar-refractivity contribution is 0.0601. The van der Waals surface area contributed by atoms with E-state index in [-0.39, 0.29) is 0 Å². The van der Waals surface area contributed by atoms with Gasteiger partial charge in [0, 0.05) is 31.4 Å². The number of esters is 1. The standard InChI is InChI=1S/C17H16N4O3/c1-21(2)14-8-7-13(10-18-14)15-19-16(24-20-15)11-5-4-6-12(9-11)17(22)23-3/h4-10H,1-3H3. The molecular weight excluding hydrogens is 308 g/mol. The number of hydrogen-bond donors (Lipinski definition) is 0. The highest BCUT2D eigenvalue weighted by atomic mass is 16.5. The van der Waals surface area contributed by atoms with Gasteiger partial charge in [0.1, 0.15) is 5.82 Å². The van der Waals surface area contributed by atoms with Crippen LogP contribution in [0.15, 0.2) is 47.1 Å². The molecule has 0 fully saturated rings. The minimum Gasteiger partial charge on any atom is -0.465 e. The van der Waals surface area contributed by atoms with Crippen LogP contribution < -0.4 is 4.90 Å². The van der Waals surface area contributed by atoms with E-state index in [2.05, 4.69) is 15.1 Å². The summed E-state index contributed by atoms with van der Waals surface area (Å²) in [6.45, 7) is 0. The van der Waals surface area contributed by atoms with Gasteiger partial charge in [-0.2, -0.15) is 4.98 Å². The number of ether oxygens (including phenoxy) is 1. The first-order valence-corrected chi connectivity index (χ1v) is 7.24. The summed E-state index contributed by atoms with van der Waals surface area (Å²) >= 11 is 0. The van der Waals surface area contributed by atoms with Crippen molar-refractivity contribution in [2.24, 2.45) is 0 Å². The number of benzene rings is 1. The molecule has 24 heavy (non-hydrogen) atoms. The molecule has 0 spiro atoms. The van der Waals surface area contributed by atoms with Crippen molar-refractivity contribution in [3.8, 4) is 22.8 Å². The molecule has 0 radical (unpaired) electrons. The Bertz CT molecular complexity index is 856. The van der Waals surface area contributed by atoms with E-state index in [1.807, 2.05) is 31.1 Å². The number of aromatic nitrogens is 3. The van der Waals surface area contributed by atoms with Gasteiger partial charge in [0.25, 0.3) is 5.89 Å². The lowest BCUT2D eigenvalue weighted by Crippen LogP contribution is -2.10. The molecule has 3 rings (SSSR count). The molecule has 0 saturated heterocycles. The summed E-state index contributed by atoms with van der Waals surface area (Å²) < 4.78 is 10.0. The van der Waals surface area contributed by atoms with Crippen LogP contribution in [-0.4, -0.2) is 42.3 Å². The second kappa shape index (κ2) is 6.49. The van der Waals surface area contributed by atoms with Gasteiger partial charge in [0.05, 0.1) is 12.7 Å². The third-order valence-corrected chi connectivity index (χ3v) is 3.42. The number of carbonyl (C=O) groups excluding carboxylic acids is 1. The van der Waals surface area contributed by atoms with Crippen LogP contribution >= 0.6 is 0 Å². The fraction of sp³-hybridized carbons (Fsp3) is 0.176. The van der Waals surface area contributed by atoms with Crippen molar-refractivity contribution in [1.82, 2.24) is 15.1 Å². The summed E-state index contributed by atoms with van der Waals surface area (Å²) in [5.74, 6) is 1.19. The number of pyridine rings is 1. The molecule has 1 aromatic carbocycles. The van der Waals surface area contributed by atoms with Crippen LogP contribution in [0.25, 0.3) is 22.8 Å². The molecule has 0 atom stereocenters. The van der Waals surface area contributed by atoms with E-state index >= 15 is 0 Å². The predicted octanol–water partition coefficient (Wildman–Crippen LogP) is 2.65. The monoisotopic (exact) mass is 324 g/mol. The first-order valence-electron chi connectivity index (χ1n) is 7.24. The van der Waals surface area contributed by atoms with Crippen molar-refractivity contribution < 1.29 is 14.1 Å². The summed E-state index contributed by atoms with van der Waals surface area (Å²) in [6.07, 6.45) is 1.69. The van der Waals surface area contributed by atoms with Crippen LogP contribution in [0.2, 0.25) is 0 Å². The molecule has 0 aliphatic carbocycles. The second-order valence-corrected chi connectivity index (χ2v) is 5.30. The number of rotatable bonds is 4. The lowest BCUT2D eigenvalue weighted by atomic mass is 10.1. The molecule has 0 unspecified atom stereocenters. The Hall–Kier alpha value is -3.22. The van der Waals surface area contributed by atoms with E-state index in [0.717, 1.165) is 11.4 Å². The molecule has 3 aromatic rings. The fourth-order valence-electron chi connectivity index (χ4n) is 2.14. The van der Waals surface area contributed by atoms with Crippen molar-refractivity contribution in [3.05, 3.63) is 48.2 Å². The number of nitrogens with zero attached hydrogens (tertiary/aromatic N) is 4. The van der Waals surface area contributed by atoms with Crippen molar-refractivity contribution in [1.29, 1.82) is 0 Å². The minimum atomic E-state index is -0.417. The van der Waals surface area contributed by atoms with E-state index in [0.29, 0.717) is 22.8 Å². The van der Waals surface area contributed by atoms with Crippen molar-refractivity contribution in [2.75, 3.05) is 26.1 Å². The van der Waals surface area contributed by atoms with Crippen LogP contribution in [0.5, 0.6) is 0 Å². The highest BCUT2D eigenvalue weighted by Gasteiger charge is 2.13. The molecule has 0 aliphatic rings. The smallest absolute Gasteiger partial charge is 0.337 e. The summed E-state index contributed by atoms with van der Waals surface area (Å²) in [7, 11) is 5.18. The first-order chi connectivity index (χ1) is 11.6. The molecular formula is C17H16N4O3. The highest BCUT2D eigenvalue weighted by Crippen LogP contribution is 2.23. The van der Waals surface area contributed by atoms with E-state index < -0.39 is 5.97 Å². The van der Waals surface area contributed by atoms with Crippen LogP contribution in [0.4, 0.5) is 5.82 Å². The number of carbonyl (C=O) groups is 1. The summed E-state index contributed by atoms with van der Waals surface area (Å²) in [5.41, 5.74) is 1.82. The van der Waals surface area contributed by atoms with Gasteiger partial charge in [-0.25, -0.2) is 9.78 Å². The zero-order valence-corrected chi connectivity index (χ0v) is 13.6. The Morgan fingerprint density at radius 1 is 1.17 bits per heavy atom. The van der Waals surface area contributed by atoms with E-state index in [4.69, 9.17) is 9.26 Å². The van der Waals surface area contributed by atoms with Crippen molar-refractivity contribution >= 4 is 11.8 Å². The van der Waals surface area contributed by atoms with Gasteiger partial charge in [-0.3, -0.25) is 0 Å². The molecule has 122 valence electrons. The van der Waals surface area contributed by atoms with Crippen LogP contribution in [-0.2, 0) is 4.74 Å². The average molecular weight is 324 g/mol. The predicted molar refractivity (Wildman–Crippen MR) is 88.6 cm³/mol. The number of hydrogen-bond acceptors (Lipinski definition) is 7. The van der Waals surface area contributed by atoms with Gasteiger partial charge in [-0.1, -0.05) is 11.2 Å². The second-order valence-electron chi connectivity index (χ2n) is 5.30. The fourth-order valence-corrected chi connectivity index (χ4v) is 2.14. The van der Waals surface area contributed by atoms with Gasteiger partial charge in [0.2, 0.25) is 5.82 Å². The quantitative estimate of drug-likeness (QED) is 0.682. The molecule has 0 bridgehead atoms. The third kappa shape index (κ3) is 3.10. The number of methoxy groups -OCH3 is 1. The Morgan fingerprint density at radius 3 is 2.67 bits per heavy atom. The molecule has 0 amide bonds. The van der Waals surface area contributed by atoms with E-state index in [1.54, 1.807) is 30.5 Å². The molecule has 7 heteroatoms. The highest BCUT2D eigenvalue weighted by molar-refractivity contribution is 5.90. The molecule has 0 N–H and O–H groups in total. The Morgan fingerprint density at radius 2 is 2.00 bits per heavy atom. The Balaban J connectivity index is 1.89. The van der Waals surface area contributed by atoms with Gasteiger partial charge in [-0.15, -0.1) is 0 Å². The summed E-state index contributed by atoms with van der Waals surface area (Å²) in [5, 5.41) is 3.98. The van der Waals surface area contributed by atoms with Crippen molar-refractivity contribution in [3.63, 3.8) is 0 Å². The number of anilines is 1. The Labute approximate surface area is 138 Å². The zero-order valence-electron chi connectivity index (χ0n) is 13.6. The molecule has 2 heterocycles. The van der Waals surface area contributed by atoms with E-state index in [9.17, 15) is 4.79 Å². The molecule has 2 aromatic heterocycles. The molecule has 0 saturated carbocycles. The van der Waals surface area contributed by atoms with Crippen LogP contribution in [0, 0.1) is 0 Å².